The van der Waals surface area contributed by atoms with Gasteiger partial charge in [-0.25, -0.2) is 4.39 Å². The van der Waals surface area contributed by atoms with Gasteiger partial charge in [-0.2, -0.15) is 0 Å². The maximum atomic E-state index is 13.7. The minimum atomic E-state index is -0.146. The molecule has 0 bridgehead atoms. The zero-order valence-electron chi connectivity index (χ0n) is 15.2. The molecule has 0 spiro atoms. The number of likely N-dealkylation sites (N-methyl/N-ethyl adjacent to an activating group) is 1. The van der Waals surface area contributed by atoms with Crippen molar-refractivity contribution in [2.24, 2.45) is 0 Å². The summed E-state index contributed by atoms with van der Waals surface area (Å²) in [5.41, 5.74) is 3.96. The molecule has 2 aromatic carbocycles. The molecule has 3 rings (SSSR count). The van der Waals surface area contributed by atoms with E-state index < -0.39 is 0 Å². The molecular weight excluding hydrogens is 313 g/mol. The van der Waals surface area contributed by atoms with Crippen molar-refractivity contribution in [1.82, 2.24) is 5.32 Å². The van der Waals surface area contributed by atoms with Crippen molar-refractivity contribution >= 4 is 0 Å². The molecule has 2 atom stereocenters. The third-order valence-corrected chi connectivity index (χ3v) is 5.32. The Labute approximate surface area is 150 Å². The molecule has 2 aromatic rings. The van der Waals surface area contributed by atoms with Gasteiger partial charge in [0.2, 0.25) is 0 Å². The smallest absolute Gasteiger partial charge is 0.123 e. The summed E-state index contributed by atoms with van der Waals surface area (Å²) in [5.74, 6) is 1.65. The highest BCUT2D eigenvalue weighted by molar-refractivity contribution is 5.39. The fraction of sp³-hybridized carbons (Fsp3) is 0.455. The predicted octanol–water partition coefficient (Wildman–Crippen LogP) is 5.04. The lowest BCUT2D eigenvalue weighted by Gasteiger charge is -2.30. The van der Waals surface area contributed by atoms with Crippen molar-refractivity contribution < 1.29 is 9.13 Å². The Morgan fingerprint density at radius 3 is 2.88 bits per heavy atom. The minimum absolute atomic E-state index is 0.146. The number of ether oxygens (including phenoxy) is 1. The van der Waals surface area contributed by atoms with Crippen LogP contribution in [0.1, 0.15) is 54.7 Å². The van der Waals surface area contributed by atoms with Crippen LogP contribution in [0.15, 0.2) is 42.5 Å². The molecule has 1 aliphatic rings. The van der Waals surface area contributed by atoms with Gasteiger partial charge in [-0.3, -0.25) is 0 Å². The van der Waals surface area contributed by atoms with Crippen LogP contribution in [0.3, 0.4) is 0 Å². The molecule has 0 radical (unpaired) electrons. The van der Waals surface area contributed by atoms with Crippen LogP contribution in [-0.4, -0.2) is 20.2 Å². The van der Waals surface area contributed by atoms with Gasteiger partial charge in [0.25, 0.3) is 0 Å². The van der Waals surface area contributed by atoms with Gasteiger partial charge in [0, 0.05) is 6.54 Å². The van der Waals surface area contributed by atoms with Gasteiger partial charge >= 0.3 is 0 Å². The molecular formula is C22H28FNO. The molecule has 3 heteroatoms. The fourth-order valence-corrected chi connectivity index (χ4v) is 4.02. The zero-order chi connectivity index (χ0) is 17.6. The van der Waals surface area contributed by atoms with Gasteiger partial charge in [-0.05, 0) is 85.0 Å². The molecule has 0 amide bonds. The van der Waals surface area contributed by atoms with Crippen LogP contribution in [-0.2, 0) is 6.42 Å². The topological polar surface area (TPSA) is 21.3 Å². The summed E-state index contributed by atoms with van der Waals surface area (Å²) in [6.45, 7) is 3.94. The van der Waals surface area contributed by atoms with E-state index >= 15 is 0 Å². The average Bonchev–Trinajstić information content (AvgIpc) is 2.64. The van der Waals surface area contributed by atoms with Gasteiger partial charge in [-0.1, -0.05) is 25.1 Å². The molecule has 0 aromatic heterocycles. The number of rotatable bonds is 7. The van der Waals surface area contributed by atoms with Crippen LogP contribution in [0.25, 0.3) is 0 Å². The number of methoxy groups -OCH3 is 1. The Morgan fingerprint density at radius 1 is 1.24 bits per heavy atom. The second-order valence-corrected chi connectivity index (χ2v) is 6.95. The summed E-state index contributed by atoms with van der Waals surface area (Å²) in [5, 5.41) is 3.46. The van der Waals surface area contributed by atoms with Crippen molar-refractivity contribution in [2.45, 2.75) is 44.4 Å². The highest BCUT2D eigenvalue weighted by Gasteiger charge is 2.25. The van der Waals surface area contributed by atoms with E-state index in [0.29, 0.717) is 11.8 Å². The van der Waals surface area contributed by atoms with Gasteiger partial charge in [0.15, 0.2) is 0 Å². The van der Waals surface area contributed by atoms with Gasteiger partial charge in [0.05, 0.1) is 7.11 Å². The molecule has 1 aliphatic carbocycles. The van der Waals surface area contributed by atoms with Crippen molar-refractivity contribution in [3.63, 3.8) is 0 Å². The van der Waals surface area contributed by atoms with Crippen LogP contribution in [0.2, 0.25) is 0 Å². The van der Waals surface area contributed by atoms with Crippen LogP contribution in [0, 0.1) is 5.82 Å². The van der Waals surface area contributed by atoms with Crippen LogP contribution < -0.4 is 10.1 Å². The van der Waals surface area contributed by atoms with E-state index in [4.69, 9.17) is 4.74 Å². The van der Waals surface area contributed by atoms with Gasteiger partial charge in [0.1, 0.15) is 11.6 Å². The van der Waals surface area contributed by atoms with E-state index in [0.717, 1.165) is 37.2 Å². The predicted molar refractivity (Wildman–Crippen MR) is 101 cm³/mol. The Bertz CT molecular complexity index is 700. The number of nitrogens with one attached hydrogen (secondary N) is 1. The average molecular weight is 341 g/mol. The lowest BCUT2D eigenvalue weighted by molar-refractivity contribution is 0.411. The SMILES string of the molecule is CCNCC(CC1CCCc2cc(OC)ccc21)c1cccc(F)c1. The first-order valence-corrected chi connectivity index (χ1v) is 9.34. The third-order valence-electron chi connectivity index (χ3n) is 5.32. The highest BCUT2D eigenvalue weighted by atomic mass is 19.1. The molecule has 2 nitrogen and oxygen atoms in total. The van der Waals surface area contributed by atoms with E-state index in [1.807, 2.05) is 6.07 Å². The van der Waals surface area contributed by atoms with Crippen molar-refractivity contribution in [2.75, 3.05) is 20.2 Å². The van der Waals surface area contributed by atoms with E-state index in [1.165, 1.54) is 30.0 Å². The first-order chi connectivity index (χ1) is 12.2. The van der Waals surface area contributed by atoms with Crippen molar-refractivity contribution in [3.05, 3.63) is 65.0 Å². The first kappa shape index (κ1) is 17.9. The lowest BCUT2D eigenvalue weighted by Crippen LogP contribution is -2.24. The summed E-state index contributed by atoms with van der Waals surface area (Å²) in [6, 6.07) is 13.6. The Kier molecular flexibility index (Phi) is 6.09. The molecule has 2 unspecified atom stereocenters. The van der Waals surface area contributed by atoms with Crippen molar-refractivity contribution in [1.29, 1.82) is 0 Å². The number of hydrogen-bond acceptors (Lipinski definition) is 2. The van der Waals surface area contributed by atoms with Crippen LogP contribution in [0.5, 0.6) is 5.75 Å². The number of benzene rings is 2. The lowest BCUT2D eigenvalue weighted by atomic mass is 9.76. The molecule has 0 saturated carbocycles. The normalized spacial score (nSPS) is 17.8. The monoisotopic (exact) mass is 341 g/mol. The van der Waals surface area contributed by atoms with Gasteiger partial charge < -0.3 is 10.1 Å². The Balaban J connectivity index is 1.83. The standard InChI is InChI=1S/C22H28FNO/c1-3-24-15-19(16-6-5-9-20(23)13-16)12-17-7-4-8-18-14-21(25-2)10-11-22(17)18/h5-6,9-11,13-14,17,19,24H,3-4,7-8,12,15H2,1-2H3. The molecule has 0 saturated heterocycles. The van der Waals surface area contributed by atoms with E-state index in [2.05, 4.69) is 36.5 Å². The first-order valence-electron chi connectivity index (χ1n) is 9.34. The largest absolute Gasteiger partial charge is 0.497 e. The molecule has 25 heavy (non-hydrogen) atoms. The van der Waals surface area contributed by atoms with Crippen LogP contribution >= 0.6 is 0 Å². The van der Waals surface area contributed by atoms with Crippen LogP contribution in [0.4, 0.5) is 4.39 Å². The molecule has 0 fully saturated rings. The van der Waals surface area contributed by atoms with E-state index in [-0.39, 0.29) is 5.82 Å². The molecule has 1 N–H and O–H groups in total. The van der Waals surface area contributed by atoms with Crippen molar-refractivity contribution in [3.8, 4) is 5.75 Å². The fourth-order valence-electron chi connectivity index (χ4n) is 4.02. The third kappa shape index (κ3) is 4.40. The summed E-state index contributed by atoms with van der Waals surface area (Å²) in [7, 11) is 1.72. The second-order valence-electron chi connectivity index (χ2n) is 6.95. The Hall–Kier alpha value is -1.87. The zero-order valence-corrected chi connectivity index (χ0v) is 15.2. The van der Waals surface area contributed by atoms with Gasteiger partial charge in [-0.15, -0.1) is 0 Å². The second kappa shape index (κ2) is 8.48. The number of hydrogen-bond donors (Lipinski definition) is 1. The quantitative estimate of drug-likeness (QED) is 0.762. The highest BCUT2D eigenvalue weighted by Crippen LogP contribution is 2.39. The Morgan fingerprint density at radius 2 is 2.12 bits per heavy atom. The maximum Gasteiger partial charge on any atom is 0.123 e. The molecule has 134 valence electrons. The van der Waals surface area contributed by atoms with E-state index in [9.17, 15) is 4.39 Å². The maximum absolute atomic E-state index is 13.7. The summed E-state index contributed by atoms with van der Waals surface area (Å²) < 4.78 is 19.1. The summed E-state index contributed by atoms with van der Waals surface area (Å²) in [4.78, 5) is 0. The molecule has 0 heterocycles. The molecule has 0 aliphatic heterocycles. The van der Waals surface area contributed by atoms with E-state index in [1.54, 1.807) is 13.2 Å². The summed E-state index contributed by atoms with van der Waals surface area (Å²) in [6.07, 6.45) is 4.59. The minimum Gasteiger partial charge on any atom is -0.497 e. The summed E-state index contributed by atoms with van der Waals surface area (Å²) >= 11 is 0. The number of aryl methyl sites for hydroxylation is 1. The number of halogens is 1. The number of fused-ring (bicyclic) bond motifs is 1.